The molecule has 0 saturated carbocycles. The second-order valence-electron chi connectivity index (χ2n) is 6.31. The highest BCUT2D eigenvalue weighted by molar-refractivity contribution is 7.13. The summed E-state index contributed by atoms with van der Waals surface area (Å²) in [4.78, 5) is 21.5. The summed E-state index contributed by atoms with van der Waals surface area (Å²) >= 11 is 1.67. The zero-order valence-corrected chi connectivity index (χ0v) is 17.4. The SMILES string of the molecule is Cc1csc(N2CCN(C(=O)C(C)C(N)c3ccccc3)CC2)n1.Cl.Cl. The van der Waals surface area contributed by atoms with E-state index in [9.17, 15) is 4.79 Å². The number of anilines is 1. The van der Waals surface area contributed by atoms with Crippen LogP contribution in [0.5, 0.6) is 0 Å². The number of carbonyl (C=O) groups excluding carboxylic acids is 1. The molecule has 2 atom stereocenters. The summed E-state index contributed by atoms with van der Waals surface area (Å²) in [5.74, 6) is -0.0811. The average Bonchev–Trinajstić information content (AvgIpc) is 3.07. The Hall–Kier alpha value is -1.34. The molecule has 2 heterocycles. The molecular formula is C18H26Cl2N4OS. The lowest BCUT2D eigenvalue weighted by atomic mass is 9.94. The number of amides is 1. The maximum absolute atomic E-state index is 12.8. The standard InChI is InChI=1S/C18H24N4OS.2ClH/c1-13-12-24-18(20-13)22-10-8-21(9-11-22)17(23)14(2)16(19)15-6-4-3-5-7-15;;/h3-7,12,14,16H,8-11,19H2,1-2H3;2*1H. The molecule has 26 heavy (non-hydrogen) atoms. The van der Waals surface area contributed by atoms with E-state index in [1.54, 1.807) is 11.3 Å². The monoisotopic (exact) mass is 416 g/mol. The van der Waals surface area contributed by atoms with Crippen molar-refractivity contribution in [1.82, 2.24) is 9.88 Å². The zero-order chi connectivity index (χ0) is 17.1. The third kappa shape index (κ3) is 5.10. The van der Waals surface area contributed by atoms with E-state index in [0.29, 0.717) is 0 Å². The van der Waals surface area contributed by atoms with Crippen LogP contribution in [0.15, 0.2) is 35.7 Å². The van der Waals surface area contributed by atoms with Crippen molar-refractivity contribution in [2.45, 2.75) is 19.9 Å². The molecule has 144 valence electrons. The molecule has 1 fully saturated rings. The first-order valence-electron chi connectivity index (χ1n) is 8.32. The average molecular weight is 417 g/mol. The van der Waals surface area contributed by atoms with Crippen LogP contribution in [0.4, 0.5) is 5.13 Å². The van der Waals surface area contributed by atoms with Crippen LogP contribution in [0.2, 0.25) is 0 Å². The van der Waals surface area contributed by atoms with Crippen LogP contribution >= 0.6 is 36.2 Å². The fraction of sp³-hybridized carbons (Fsp3) is 0.444. The number of nitrogens with zero attached hydrogens (tertiary/aromatic N) is 3. The van der Waals surface area contributed by atoms with Crippen LogP contribution in [0.1, 0.15) is 24.2 Å². The van der Waals surface area contributed by atoms with Crippen LogP contribution in [0.3, 0.4) is 0 Å². The number of aryl methyl sites for hydroxylation is 1. The van der Waals surface area contributed by atoms with Gasteiger partial charge in [-0.3, -0.25) is 4.79 Å². The van der Waals surface area contributed by atoms with Gasteiger partial charge in [-0.1, -0.05) is 37.3 Å². The zero-order valence-electron chi connectivity index (χ0n) is 15.0. The second-order valence-corrected chi connectivity index (χ2v) is 7.15. The Morgan fingerprint density at radius 3 is 2.31 bits per heavy atom. The number of halogens is 2. The molecule has 2 unspecified atom stereocenters. The molecule has 1 aromatic heterocycles. The molecule has 3 rings (SSSR count). The Labute approximate surface area is 171 Å². The summed E-state index contributed by atoms with van der Waals surface area (Å²) in [6, 6.07) is 9.58. The number of piperazine rings is 1. The Morgan fingerprint density at radius 2 is 1.77 bits per heavy atom. The fourth-order valence-electron chi connectivity index (χ4n) is 3.01. The first kappa shape index (κ1) is 22.7. The summed E-state index contributed by atoms with van der Waals surface area (Å²) in [5.41, 5.74) is 8.36. The van der Waals surface area contributed by atoms with Crippen LogP contribution in [-0.2, 0) is 4.79 Å². The van der Waals surface area contributed by atoms with E-state index >= 15 is 0 Å². The van der Waals surface area contributed by atoms with Gasteiger partial charge in [-0.25, -0.2) is 4.98 Å². The van der Waals surface area contributed by atoms with Crippen molar-refractivity contribution in [3.63, 3.8) is 0 Å². The topological polar surface area (TPSA) is 62.5 Å². The van der Waals surface area contributed by atoms with E-state index in [4.69, 9.17) is 5.73 Å². The number of carbonyl (C=O) groups is 1. The van der Waals surface area contributed by atoms with Gasteiger partial charge in [0.05, 0.1) is 11.6 Å². The van der Waals surface area contributed by atoms with E-state index in [1.165, 1.54) is 0 Å². The lowest BCUT2D eigenvalue weighted by molar-refractivity contribution is -0.136. The van der Waals surface area contributed by atoms with Gasteiger partial charge in [-0.2, -0.15) is 0 Å². The van der Waals surface area contributed by atoms with Crippen molar-refractivity contribution in [3.05, 3.63) is 47.0 Å². The van der Waals surface area contributed by atoms with E-state index in [1.807, 2.05) is 49.1 Å². The van der Waals surface area contributed by atoms with Crippen LogP contribution in [0.25, 0.3) is 0 Å². The molecule has 1 saturated heterocycles. The smallest absolute Gasteiger partial charge is 0.227 e. The second kappa shape index (κ2) is 10.1. The van der Waals surface area contributed by atoms with Gasteiger partial charge in [0.2, 0.25) is 5.91 Å². The number of hydrogen-bond donors (Lipinski definition) is 1. The molecular weight excluding hydrogens is 391 g/mol. The predicted molar refractivity (Wildman–Crippen MR) is 113 cm³/mol. The molecule has 0 spiro atoms. The summed E-state index contributed by atoms with van der Waals surface area (Å²) in [7, 11) is 0. The van der Waals surface area contributed by atoms with E-state index in [0.717, 1.165) is 42.6 Å². The van der Waals surface area contributed by atoms with Crippen molar-refractivity contribution < 1.29 is 4.79 Å². The Kier molecular flexibility index (Phi) is 8.83. The van der Waals surface area contributed by atoms with E-state index in [2.05, 4.69) is 15.3 Å². The lowest BCUT2D eigenvalue weighted by Gasteiger charge is -2.36. The van der Waals surface area contributed by atoms with Crippen LogP contribution < -0.4 is 10.6 Å². The van der Waals surface area contributed by atoms with Crippen molar-refractivity contribution >= 4 is 47.2 Å². The highest BCUT2D eigenvalue weighted by Crippen LogP contribution is 2.24. The maximum atomic E-state index is 12.8. The quantitative estimate of drug-likeness (QED) is 0.830. The number of aromatic nitrogens is 1. The van der Waals surface area contributed by atoms with Crippen LogP contribution in [-0.4, -0.2) is 42.0 Å². The van der Waals surface area contributed by atoms with Gasteiger partial charge in [0.1, 0.15) is 0 Å². The number of thiazole rings is 1. The normalized spacial score (nSPS) is 16.3. The molecule has 2 N–H and O–H groups in total. The molecule has 0 radical (unpaired) electrons. The van der Waals surface area contributed by atoms with Gasteiger partial charge in [0.25, 0.3) is 0 Å². The third-order valence-corrected chi connectivity index (χ3v) is 5.60. The highest BCUT2D eigenvalue weighted by atomic mass is 35.5. The van der Waals surface area contributed by atoms with E-state index in [-0.39, 0.29) is 42.7 Å². The third-order valence-electron chi connectivity index (χ3n) is 4.58. The summed E-state index contributed by atoms with van der Waals surface area (Å²) < 4.78 is 0. The molecule has 1 aliphatic heterocycles. The molecule has 5 nitrogen and oxygen atoms in total. The molecule has 1 amide bonds. The van der Waals surface area contributed by atoms with Gasteiger partial charge < -0.3 is 15.5 Å². The number of benzene rings is 1. The predicted octanol–water partition coefficient (Wildman–Crippen LogP) is 3.28. The molecule has 2 aromatic rings. The minimum absolute atomic E-state index is 0. The molecule has 8 heteroatoms. The lowest BCUT2D eigenvalue weighted by Crippen LogP contribution is -2.51. The summed E-state index contributed by atoms with van der Waals surface area (Å²) in [6.07, 6.45) is 0. The fourth-order valence-corrected chi connectivity index (χ4v) is 3.87. The number of hydrogen-bond acceptors (Lipinski definition) is 5. The Balaban J connectivity index is 0.00000169. The molecule has 0 aliphatic carbocycles. The van der Waals surface area contributed by atoms with Gasteiger partial charge in [0.15, 0.2) is 5.13 Å². The number of rotatable bonds is 4. The van der Waals surface area contributed by atoms with Gasteiger partial charge in [-0.05, 0) is 12.5 Å². The summed E-state index contributed by atoms with van der Waals surface area (Å²) in [5, 5.41) is 3.11. The molecule has 0 bridgehead atoms. The molecule has 1 aromatic carbocycles. The largest absolute Gasteiger partial charge is 0.345 e. The van der Waals surface area contributed by atoms with Crippen molar-refractivity contribution in [2.75, 3.05) is 31.1 Å². The van der Waals surface area contributed by atoms with Crippen molar-refractivity contribution in [3.8, 4) is 0 Å². The minimum atomic E-state index is -0.265. The Bertz CT molecular complexity index is 690. The van der Waals surface area contributed by atoms with Crippen molar-refractivity contribution in [1.29, 1.82) is 0 Å². The van der Waals surface area contributed by atoms with Gasteiger partial charge in [0, 0.05) is 37.6 Å². The minimum Gasteiger partial charge on any atom is -0.345 e. The van der Waals surface area contributed by atoms with Crippen LogP contribution in [0, 0.1) is 12.8 Å². The van der Waals surface area contributed by atoms with E-state index < -0.39 is 0 Å². The summed E-state index contributed by atoms with van der Waals surface area (Å²) in [6.45, 7) is 7.04. The molecule has 1 aliphatic rings. The highest BCUT2D eigenvalue weighted by Gasteiger charge is 2.29. The first-order chi connectivity index (χ1) is 11.6. The first-order valence-corrected chi connectivity index (χ1v) is 9.20. The van der Waals surface area contributed by atoms with Gasteiger partial charge in [-0.15, -0.1) is 36.2 Å². The van der Waals surface area contributed by atoms with Gasteiger partial charge >= 0.3 is 0 Å². The Morgan fingerprint density at radius 1 is 1.15 bits per heavy atom. The maximum Gasteiger partial charge on any atom is 0.227 e. The number of nitrogens with two attached hydrogens (primary N) is 1. The van der Waals surface area contributed by atoms with Crippen molar-refractivity contribution in [2.24, 2.45) is 11.7 Å².